The molecule has 2 atom stereocenters. The number of hydrogen-bond acceptors (Lipinski definition) is 5. The molecular weight excluding hydrogens is 401 g/mol. The Morgan fingerprint density at radius 2 is 2.39 bits per heavy atom. The summed E-state index contributed by atoms with van der Waals surface area (Å²) in [6, 6.07) is -3.58. The zero-order valence-corrected chi connectivity index (χ0v) is 19.4. The smallest absolute Gasteiger partial charge is 0.871 e. The van der Waals surface area contributed by atoms with Crippen LogP contribution < -0.4 is 67.4 Å². The topological polar surface area (TPSA) is 77.4 Å². The number of amides is 1. The Bertz CT molecular complexity index is 1520. The molecule has 2 aromatic heterocycles. The Hall–Kier alpha value is -0.224. The van der Waals surface area contributed by atoms with E-state index in [1.54, 1.807) is 0 Å². The number of nitrogens with zero attached hydrogens (tertiary/aromatic N) is 2. The molecule has 0 aromatic carbocycles. The van der Waals surface area contributed by atoms with E-state index in [0.717, 1.165) is 6.92 Å². The van der Waals surface area contributed by atoms with E-state index in [-0.39, 0.29) is 66.2 Å². The van der Waals surface area contributed by atoms with Crippen molar-refractivity contribution in [3.63, 3.8) is 0 Å². The monoisotopic (exact) mass is 446 g/mol. The van der Waals surface area contributed by atoms with Crippen molar-refractivity contribution in [3.8, 4) is 5.75 Å². The van der Waals surface area contributed by atoms with Gasteiger partial charge in [-0.25, -0.2) is 0 Å². The van der Waals surface area contributed by atoms with Gasteiger partial charge in [-0.3, -0.25) is 14.2 Å². The molecule has 1 aliphatic heterocycles. The van der Waals surface area contributed by atoms with Crippen molar-refractivity contribution in [2.24, 2.45) is 5.89 Å². The number of hydrogen-bond donors (Lipinski definition) is 1. The minimum atomic E-state index is -3.46. The third-order valence-corrected chi connectivity index (χ3v) is 4.37. The van der Waals surface area contributed by atoms with Gasteiger partial charge in [-0.1, -0.05) is 12.7 Å². The van der Waals surface area contributed by atoms with Crippen LogP contribution in [0.25, 0.3) is 10.2 Å². The maximum Gasteiger partial charge on any atom is 1.00 e. The Morgan fingerprint density at radius 3 is 3.07 bits per heavy atom. The van der Waals surface area contributed by atoms with Gasteiger partial charge >= 0.3 is 51.4 Å². The van der Waals surface area contributed by atoms with Crippen molar-refractivity contribution in [3.05, 3.63) is 27.3 Å². The molecule has 28 heavy (non-hydrogen) atoms. The van der Waals surface area contributed by atoms with Crippen LogP contribution in [0.4, 0.5) is 0 Å². The van der Waals surface area contributed by atoms with Crippen LogP contribution in [-0.2, 0) is 0 Å². The van der Waals surface area contributed by atoms with Crippen molar-refractivity contribution in [2.45, 2.75) is 45.9 Å². The normalized spacial score (nSPS) is 36.6. The first-order valence-electron chi connectivity index (χ1n) is 16.4. The fourth-order valence-electron chi connectivity index (χ4n) is 2.33. The minimum Gasteiger partial charge on any atom is -0.871 e. The van der Waals surface area contributed by atoms with Gasteiger partial charge in [-0.05, 0) is 69.7 Å². The number of likely N-dealkylation sites (tertiary alicyclic amines) is 1. The van der Waals surface area contributed by atoms with Crippen LogP contribution >= 0.6 is 11.3 Å². The van der Waals surface area contributed by atoms with Crippen LogP contribution in [0.1, 0.15) is 78.2 Å². The molecule has 2 aromatic rings. The van der Waals surface area contributed by atoms with E-state index in [4.69, 9.17) is 23.3 Å². The Morgan fingerprint density at radius 1 is 1.68 bits per heavy atom. The van der Waals surface area contributed by atoms with Gasteiger partial charge in [0.1, 0.15) is 4.83 Å². The first-order valence-corrected chi connectivity index (χ1v) is 8.66. The van der Waals surface area contributed by atoms with Gasteiger partial charge < -0.3 is 15.3 Å². The van der Waals surface area contributed by atoms with E-state index in [2.05, 4.69) is 0 Å². The van der Waals surface area contributed by atoms with Crippen LogP contribution in [0.15, 0.2) is 16.2 Å². The average Bonchev–Trinajstić information content (AvgIpc) is 3.13. The number of nitrogens with one attached hydrogen (secondary N) is 1. The van der Waals surface area contributed by atoms with E-state index >= 15 is 0 Å². The number of piperidine rings is 1. The van der Waals surface area contributed by atoms with Gasteiger partial charge in [-0.15, -0.1) is 11.3 Å². The van der Waals surface area contributed by atoms with E-state index < -0.39 is 108 Å². The number of carbonyl (C=O) groups is 1. The average molecular weight is 447 g/mol. The summed E-state index contributed by atoms with van der Waals surface area (Å²) in [5.74, 6) is -6.09. The molecule has 2 unspecified atom stereocenters. The predicted molar refractivity (Wildman–Crippen MR) is 108 cm³/mol. The fraction of sp³-hybridized carbons (Fsp3) is 0.600. The molecule has 148 valence electrons. The molecule has 0 aliphatic carbocycles. The van der Waals surface area contributed by atoms with Crippen LogP contribution in [-0.4, -0.2) is 41.4 Å². The SMILES string of the molecule is [2H]c1sc2c(c1[2H])c([O-])c(C(=O)N([2H])CCC([2H])N1C([2H])([2H])C([2H])([2H])C([2H])(C)C([2H])([2H])C1([2H])[2H])c(=O)n2C([2H])(C)C([2H])([2H])[2H].[K+]. The molecule has 1 N–H and O–H groups in total. The quantitative estimate of drug-likeness (QED) is 0.611. The number of aromatic nitrogens is 1. The molecule has 0 bridgehead atoms. The molecule has 1 aliphatic rings. The maximum atomic E-state index is 13.4. The summed E-state index contributed by atoms with van der Waals surface area (Å²) in [5.41, 5.74) is -2.97. The molecular formula is C20H28KN3O3S. The van der Waals surface area contributed by atoms with Gasteiger partial charge in [-0.2, -0.15) is 0 Å². The number of pyridine rings is 1. The first-order chi connectivity index (χ1) is 19.5. The summed E-state index contributed by atoms with van der Waals surface area (Å²) in [7, 11) is 0. The summed E-state index contributed by atoms with van der Waals surface area (Å²) in [6.07, 6.45) is -7.65. The number of fused-ring (bicyclic) bond motifs is 1. The van der Waals surface area contributed by atoms with Gasteiger partial charge in [0, 0.05) is 35.8 Å². The second kappa shape index (κ2) is 10.7. The molecule has 6 nitrogen and oxygen atoms in total. The summed E-state index contributed by atoms with van der Waals surface area (Å²) < 4.78 is 138. The maximum absolute atomic E-state index is 13.4. The summed E-state index contributed by atoms with van der Waals surface area (Å²) >= 11 is 0.359. The van der Waals surface area contributed by atoms with Gasteiger partial charge in [0.15, 0.2) is 1.41 Å². The predicted octanol–water partition coefficient (Wildman–Crippen LogP) is -0.427. The number of thiophene rings is 1. The van der Waals surface area contributed by atoms with E-state index in [9.17, 15) is 14.7 Å². The third kappa shape index (κ3) is 5.27. The van der Waals surface area contributed by atoms with E-state index in [0.29, 0.717) is 18.3 Å². The van der Waals surface area contributed by atoms with Crippen LogP contribution in [0.2, 0.25) is 1.41 Å². The zero-order chi connectivity index (χ0) is 34.5. The number of rotatable bonds is 6. The van der Waals surface area contributed by atoms with Crippen molar-refractivity contribution < 1.29 is 84.6 Å². The molecule has 3 rings (SSSR count). The molecule has 1 amide bonds. The second-order valence-electron chi connectivity index (χ2n) is 5.57. The minimum absolute atomic E-state index is 0. The van der Waals surface area contributed by atoms with Crippen LogP contribution in [0.3, 0.4) is 0 Å². The molecule has 8 heteroatoms. The molecule has 0 radical (unpaired) electrons. The van der Waals surface area contributed by atoms with Crippen molar-refractivity contribution in [2.75, 3.05) is 26.1 Å². The van der Waals surface area contributed by atoms with E-state index in [1.165, 1.54) is 0 Å². The molecule has 1 saturated heterocycles. The third-order valence-electron chi connectivity index (χ3n) is 3.58. The van der Waals surface area contributed by atoms with Gasteiger partial charge in [0.05, 0.1) is 9.68 Å². The largest absolute Gasteiger partial charge is 1.00 e. The molecule has 0 spiro atoms. The number of carbonyl (C=O) groups excluding carboxylic acids is 1. The molecule has 3 heterocycles. The van der Waals surface area contributed by atoms with Crippen LogP contribution in [0, 0.1) is 5.89 Å². The summed E-state index contributed by atoms with van der Waals surface area (Å²) in [6.45, 7) is -11.8. The molecule has 0 saturated carbocycles. The summed E-state index contributed by atoms with van der Waals surface area (Å²) in [4.78, 5) is 26.1. The van der Waals surface area contributed by atoms with E-state index in [1.807, 2.05) is 0 Å². The van der Waals surface area contributed by atoms with Crippen molar-refractivity contribution >= 4 is 27.5 Å². The van der Waals surface area contributed by atoms with Crippen molar-refractivity contribution in [1.82, 2.24) is 14.8 Å². The first kappa shape index (κ1) is 9.50. The molecule has 1 fully saturated rings. The summed E-state index contributed by atoms with van der Waals surface area (Å²) in [5, 5.41) is 11.9. The standard InChI is InChI=1S/C20H29N3O3S.K/c1-13(2)23-19(26)16(17(24)15-7-12-27-20(15)23)18(25)21-8-4-9-22-10-5-14(3)6-11-22;/h7,12-14,24H,4-6,8-11H2,1-3H3,(H,21,25);/q;+1/p-1/i1D3,5D2,6D2,7D,9D,10D2,11D2,12D,13D,14D;/hD. The Labute approximate surface area is 236 Å². The Kier molecular flexibility index (Phi) is 3.63. The van der Waals surface area contributed by atoms with Crippen molar-refractivity contribution in [1.29, 1.82) is 0 Å². The Balaban J connectivity index is 0.00000705. The second-order valence-corrected chi connectivity index (χ2v) is 6.36. The fourth-order valence-corrected chi connectivity index (χ4v) is 3.14. The van der Waals surface area contributed by atoms with Gasteiger partial charge in [0.2, 0.25) is 0 Å². The van der Waals surface area contributed by atoms with Gasteiger partial charge in [0.25, 0.3) is 11.5 Å². The van der Waals surface area contributed by atoms with Crippen LogP contribution in [0.5, 0.6) is 5.75 Å². The zero-order valence-electron chi connectivity index (χ0n) is 32.5.